The molecule has 0 spiro atoms. The first-order valence-corrected chi connectivity index (χ1v) is 10.8. The molecule has 1 aliphatic heterocycles. The van der Waals surface area contributed by atoms with Crippen molar-refractivity contribution < 1.29 is 14.6 Å². The van der Waals surface area contributed by atoms with Crippen LogP contribution in [0.4, 0.5) is 0 Å². The summed E-state index contributed by atoms with van der Waals surface area (Å²) in [6.07, 6.45) is 2.93. The maximum Gasteiger partial charge on any atom is 0.194 e. The van der Waals surface area contributed by atoms with Crippen LogP contribution < -0.4 is 14.8 Å². The van der Waals surface area contributed by atoms with E-state index >= 15 is 0 Å². The van der Waals surface area contributed by atoms with E-state index in [2.05, 4.69) is 28.1 Å². The van der Waals surface area contributed by atoms with E-state index in [0.717, 1.165) is 81.6 Å². The molecule has 0 radical (unpaired) electrons. The molecule has 2 aliphatic rings. The molecule has 2 fully saturated rings. The molecular weight excluding hydrogens is 368 g/mol. The molecule has 1 saturated heterocycles. The van der Waals surface area contributed by atoms with Gasteiger partial charge in [-0.15, -0.1) is 0 Å². The number of benzene rings is 1. The number of guanidine groups is 1. The van der Waals surface area contributed by atoms with Crippen LogP contribution in [-0.4, -0.2) is 80.5 Å². The largest absolute Gasteiger partial charge is 0.497 e. The van der Waals surface area contributed by atoms with E-state index in [9.17, 15) is 5.11 Å². The normalized spacial score (nSPS) is 23.3. The summed E-state index contributed by atoms with van der Waals surface area (Å²) in [7, 11) is 3.40. The third kappa shape index (κ3) is 5.76. The zero-order chi connectivity index (χ0) is 20.6. The lowest BCUT2D eigenvalue weighted by atomic mass is 10.1. The van der Waals surface area contributed by atoms with Crippen molar-refractivity contribution in [2.45, 2.75) is 38.8 Å². The third-order valence-corrected chi connectivity index (χ3v) is 5.98. The van der Waals surface area contributed by atoms with E-state index in [1.165, 1.54) is 0 Å². The number of rotatable bonds is 7. The molecule has 1 saturated carbocycles. The number of aliphatic hydroxyl groups is 1. The van der Waals surface area contributed by atoms with Crippen molar-refractivity contribution in [3.8, 4) is 11.5 Å². The highest BCUT2D eigenvalue weighted by molar-refractivity contribution is 5.80. The van der Waals surface area contributed by atoms with Crippen LogP contribution in [0.2, 0.25) is 0 Å². The van der Waals surface area contributed by atoms with Crippen molar-refractivity contribution in [2.24, 2.45) is 10.9 Å². The Morgan fingerprint density at radius 1 is 1.17 bits per heavy atom. The Labute approximate surface area is 174 Å². The van der Waals surface area contributed by atoms with Gasteiger partial charge in [0, 0.05) is 57.3 Å². The highest BCUT2D eigenvalue weighted by Gasteiger charge is 2.26. The lowest BCUT2D eigenvalue weighted by Gasteiger charge is -2.37. The number of aliphatic imine (C=N–C) groups is 1. The fourth-order valence-corrected chi connectivity index (χ4v) is 4.22. The third-order valence-electron chi connectivity index (χ3n) is 5.98. The van der Waals surface area contributed by atoms with Gasteiger partial charge in [0.1, 0.15) is 11.5 Å². The van der Waals surface area contributed by atoms with Crippen molar-refractivity contribution in [1.82, 2.24) is 15.1 Å². The average molecular weight is 405 g/mol. The van der Waals surface area contributed by atoms with Crippen molar-refractivity contribution in [1.29, 1.82) is 0 Å². The molecule has 7 nitrogen and oxygen atoms in total. The molecule has 2 unspecified atom stereocenters. The second kappa shape index (κ2) is 10.7. The number of nitrogens with one attached hydrogen (secondary N) is 1. The predicted octanol–water partition coefficient (Wildman–Crippen LogP) is 1.95. The zero-order valence-electron chi connectivity index (χ0n) is 18.1. The van der Waals surface area contributed by atoms with E-state index in [-0.39, 0.29) is 6.10 Å². The minimum atomic E-state index is -0.184. The summed E-state index contributed by atoms with van der Waals surface area (Å²) in [4.78, 5) is 9.63. The summed E-state index contributed by atoms with van der Waals surface area (Å²) < 4.78 is 10.9. The summed E-state index contributed by atoms with van der Waals surface area (Å²) in [5.41, 5.74) is 1.15. The first-order chi connectivity index (χ1) is 14.1. The van der Waals surface area contributed by atoms with Crippen LogP contribution in [0.15, 0.2) is 23.2 Å². The summed E-state index contributed by atoms with van der Waals surface area (Å²) in [6, 6.07) is 5.96. The Morgan fingerprint density at radius 3 is 2.59 bits per heavy atom. The second-order valence-electron chi connectivity index (χ2n) is 7.89. The quantitative estimate of drug-likeness (QED) is 0.535. The van der Waals surface area contributed by atoms with Crippen molar-refractivity contribution in [2.75, 3.05) is 53.5 Å². The number of ether oxygens (including phenoxy) is 2. The van der Waals surface area contributed by atoms with Gasteiger partial charge in [-0.2, -0.15) is 0 Å². The number of piperazine rings is 1. The first kappa shape index (κ1) is 21.7. The lowest BCUT2D eigenvalue weighted by molar-refractivity contribution is 0.136. The van der Waals surface area contributed by atoms with E-state index < -0.39 is 0 Å². The number of methoxy groups -OCH3 is 2. The molecular formula is C22H36N4O3. The monoisotopic (exact) mass is 404 g/mol. The van der Waals surface area contributed by atoms with Crippen LogP contribution >= 0.6 is 0 Å². The van der Waals surface area contributed by atoms with Gasteiger partial charge in [-0.05, 0) is 38.0 Å². The van der Waals surface area contributed by atoms with Gasteiger partial charge < -0.3 is 24.8 Å². The summed E-state index contributed by atoms with van der Waals surface area (Å²) in [6.45, 7) is 8.32. The lowest BCUT2D eigenvalue weighted by Crippen LogP contribution is -2.52. The topological polar surface area (TPSA) is 69.6 Å². The number of nitrogens with zero attached hydrogens (tertiary/aromatic N) is 3. The number of hydrogen-bond acceptors (Lipinski definition) is 5. The van der Waals surface area contributed by atoms with Gasteiger partial charge in [0.2, 0.25) is 0 Å². The SMILES string of the molecule is CCNC(=NCC1CCCC1O)N1CCN(Cc2cc(OC)ccc2OC)CC1. The molecule has 0 aromatic heterocycles. The van der Waals surface area contributed by atoms with Crippen molar-refractivity contribution in [3.63, 3.8) is 0 Å². The number of hydrogen-bond donors (Lipinski definition) is 2. The first-order valence-electron chi connectivity index (χ1n) is 10.8. The summed E-state index contributed by atoms with van der Waals surface area (Å²) in [5.74, 6) is 3.05. The highest BCUT2D eigenvalue weighted by atomic mass is 16.5. The van der Waals surface area contributed by atoms with Gasteiger partial charge in [0.05, 0.1) is 20.3 Å². The molecule has 1 aliphatic carbocycles. The van der Waals surface area contributed by atoms with Gasteiger partial charge in [-0.1, -0.05) is 6.42 Å². The van der Waals surface area contributed by atoms with Crippen LogP contribution in [0, 0.1) is 5.92 Å². The molecule has 1 aromatic carbocycles. The van der Waals surface area contributed by atoms with Crippen LogP contribution in [0.25, 0.3) is 0 Å². The Morgan fingerprint density at radius 2 is 1.97 bits per heavy atom. The smallest absolute Gasteiger partial charge is 0.194 e. The Balaban J connectivity index is 1.57. The minimum absolute atomic E-state index is 0.184. The van der Waals surface area contributed by atoms with Crippen LogP contribution in [0.5, 0.6) is 11.5 Å². The van der Waals surface area contributed by atoms with E-state index in [4.69, 9.17) is 14.5 Å². The van der Waals surface area contributed by atoms with Crippen molar-refractivity contribution >= 4 is 5.96 Å². The highest BCUT2D eigenvalue weighted by Crippen LogP contribution is 2.26. The molecule has 7 heteroatoms. The summed E-state index contributed by atoms with van der Waals surface area (Å²) >= 11 is 0. The molecule has 3 rings (SSSR count). The predicted molar refractivity (Wildman–Crippen MR) is 116 cm³/mol. The standard InChI is InChI=1S/C22H36N4O3/c1-4-23-22(24-15-17-6-5-7-20(17)27)26-12-10-25(11-13-26)16-18-14-19(28-2)8-9-21(18)29-3/h8-9,14,17,20,27H,4-7,10-13,15-16H2,1-3H3,(H,23,24). The molecule has 29 heavy (non-hydrogen) atoms. The maximum absolute atomic E-state index is 10.1. The molecule has 1 aromatic rings. The van der Waals surface area contributed by atoms with Gasteiger partial charge in [-0.25, -0.2) is 0 Å². The van der Waals surface area contributed by atoms with Gasteiger partial charge in [-0.3, -0.25) is 9.89 Å². The fraction of sp³-hybridized carbons (Fsp3) is 0.682. The fourth-order valence-electron chi connectivity index (χ4n) is 4.22. The molecule has 0 bridgehead atoms. The maximum atomic E-state index is 10.1. The Bertz CT molecular complexity index is 674. The van der Waals surface area contributed by atoms with Crippen LogP contribution in [0.3, 0.4) is 0 Å². The zero-order valence-corrected chi connectivity index (χ0v) is 18.1. The van der Waals surface area contributed by atoms with E-state index in [0.29, 0.717) is 12.5 Å². The van der Waals surface area contributed by atoms with Crippen molar-refractivity contribution in [3.05, 3.63) is 23.8 Å². The van der Waals surface area contributed by atoms with Gasteiger partial charge in [0.25, 0.3) is 0 Å². The molecule has 2 atom stereocenters. The minimum Gasteiger partial charge on any atom is -0.497 e. The Kier molecular flexibility index (Phi) is 8.00. The van der Waals surface area contributed by atoms with Crippen LogP contribution in [0.1, 0.15) is 31.7 Å². The molecule has 162 valence electrons. The molecule has 1 heterocycles. The second-order valence-corrected chi connectivity index (χ2v) is 7.89. The van der Waals surface area contributed by atoms with Gasteiger partial charge in [0.15, 0.2) is 5.96 Å². The summed E-state index contributed by atoms with van der Waals surface area (Å²) in [5, 5.41) is 13.5. The van der Waals surface area contributed by atoms with Crippen LogP contribution in [-0.2, 0) is 6.54 Å². The van der Waals surface area contributed by atoms with E-state index in [1.807, 2.05) is 12.1 Å². The van der Waals surface area contributed by atoms with Gasteiger partial charge >= 0.3 is 0 Å². The molecule has 2 N–H and O–H groups in total. The van der Waals surface area contributed by atoms with E-state index in [1.54, 1.807) is 14.2 Å². The Hall–Kier alpha value is -1.99. The average Bonchev–Trinajstić information content (AvgIpc) is 3.16. The molecule has 0 amide bonds. The number of aliphatic hydroxyl groups excluding tert-OH is 1.